The molecule has 1 unspecified atom stereocenters. The molecule has 0 radical (unpaired) electrons. The van der Waals surface area contributed by atoms with Crippen molar-refractivity contribution in [2.75, 3.05) is 0 Å². The average Bonchev–Trinajstić information content (AvgIpc) is 2.27. The monoisotopic (exact) mass is 284 g/mol. The predicted octanol–water partition coefficient (Wildman–Crippen LogP) is 2.36. The van der Waals surface area contributed by atoms with Crippen LogP contribution in [0.1, 0.15) is 31.9 Å². The van der Waals surface area contributed by atoms with Crippen molar-refractivity contribution < 1.29 is 4.79 Å². The van der Waals surface area contributed by atoms with Crippen molar-refractivity contribution in [3.05, 3.63) is 34.3 Å². The molecule has 3 N–H and O–H groups in total. The number of carbonyl (C=O) groups excluding carboxylic acids is 1. The molecule has 0 aliphatic heterocycles. The maximum absolute atomic E-state index is 11.6. The Bertz CT molecular complexity index is 368. The van der Waals surface area contributed by atoms with Gasteiger partial charge in [0.15, 0.2) is 0 Å². The van der Waals surface area contributed by atoms with E-state index < -0.39 is 6.04 Å². The third kappa shape index (κ3) is 3.61. The van der Waals surface area contributed by atoms with Crippen molar-refractivity contribution in [3.8, 4) is 0 Å². The van der Waals surface area contributed by atoms with E-state index in [9.17, 15) is 4.79 Å². The van der Waals surface area contributed by atoms with E-state index >= 15 is 0 Å². The number of benzene rings is 1. The van der Waals surface area contributed by atoms with Crippen LogP contribution in [0.2, 0.25) is 0 Å². The Hall–Kier alpha value is -0.870. The van der Waals surface area contributed by atoms with Crippen LogP contribution >= 0.6 is 15.9 Å². The first-order valence-corrected chi connectivity index (χ1v) is 6.15. The molecule has 1 amide bonds. The molecular weight excluding hydrogens is 268 g/mol. The zero-order valence-electron chi connectivity index (χ0n) is 9.53. The lowest BCUT2D eigenvalue weighted by Crippen LogP contribution is -2.41. The Balaban J connectivity index is 2.65. The molecule has 0 aliphatic carbocycles. The molecule has 1 aromatic rings. The molecule has 2 atom stereocenters. The molecular formula is C12H17BrN2O. The third-order valence-electron chi connectivity index (χ3n) is 2.48. The molecule has 0 aliphatic rings. The van der Waals surface area contributed by atoms with E-state index in [1.165, 1.54) is 0 Å². The number of carbonyl (C=O) groups is 1. The predicted molar refractivity (Wildman–Crippen MR) is 69.0 cm³/mol. The standard InChI is InChI=1S/C12H17BrN2O/c1-3-11(14)12(16)15-8(2)9-5-4-6-10(13)7-9/h4-8,11H,3,14H2,1-2H3,(H,15,16)/t8?,11-/m0/s1. The number of hydrogen-bond acceptors (Lipinski definition) is 2. The summed E-state index contributed by atoms with van der Waals surface area (Å²) >= 11 is 3.40. The molecule has 0 fully saturated rings. The van der Waals surface area contributed by atoms with Gasteiger partial charge in [-0.3, -0.25) is 4.79 Å². The van der Waals surface area contributed by atoms with Crippen LogP contribution in [0.4, 0.5) is 0 Å². The molecule has 0 aromatic heterocycles. The Labute approximate surface area is 105 Å². The minimum atomic E-state index is -0.422. The van der Waals surface area contributed by atoms with Crippen LogP contribution in [0.5, 0.6) is 0 Å². The minimum absolute atomic E-state index is 0.0254. The highest BCUT2D eigenvalue weighted by Gasteiger charge is 2.14. The van der Waals surface area contributed by atoms with Crippen LogP contribution in [0.25, 0.3) is 0 Å². The van der Waals surface area contributed by atoms with Gasteiger partial charge in [0, 0.05) is 4.47 Å². The summed E-state index contributed by atoms with van der Waals surface area (Å²) in [5, 5.41) is 2.89. The van der Waals surface area contributed by atoms with Crippen molar-refractivity contribution in [3.63, 3.8) is 0 Å². The van der Waals surface area contributed by atoms with E-state index in [4.69, 9.17) is 5.73 Å². The van der Waals surface area contributed by atoms with E-state index in [0.717, 1.165) is 10.0 Å². The van der Waals surface area contributed by atoms with Crippen LogP contribution in [0.3, 0.4) is 0 Å². The van der Waals surface area contributed by atoms with Crippen molar-refractivity contribution in [1.82, 2.24) is 5.32 Å². The maximum atomic E-state index is 11.6. The van der Waals surface area contributed by atoms with Crippen LogP contribution in [-0.4, -0.2) is 11.9 Å². The summed E-state index contributed by atoms with van der Waals surface area (Å²) in [5.74, 6) is -0.102. The molecule has 3 nitrogen and oxygen atoms in total. The van der Waals surface area contributed by atoms with Gasteiger partial charge in [0.1, 0.15) is 0 Å². The number of nitrogens with two attached hydrogens (primary N) is 1. The SMILES string of the molecule is CC[C@H](N)C(=O)NC(C)c1cccc(Br)c1. The molecule has 1 aromatic carbocycles. The first-order valence-electron chi connectivity index (χ1n) is 5.36. The number of amides is 1. The summed E-state index contributed by atoms with van der Waals surface area (Å²) < 4.78 is 1.01. The molecule has 0 saturated heterocycles. The van der Waals surface area contributed by atoms with E-state index in [0.29, 0.717) is 6.42 Å². The smallest absolute Gasteiger partial charge is 0.237 e. The first kappa shape index (κ1) is 13.2. The molecule has 4 heteroatoms. The molecule has 0 saturated carbocycles. The van der Waals surface area contributed by atoms with Gasteiger partial charge in [0.25, 0.3) is 0 Å². The van der Waals surface area contributed by atoms with E-state index in [2.05, 4.69) is 21.2 Å². The van der Waals surface area contributed by atoms with Gasteiger partial charge in [-0.2, -0.15) is 0 Å². The highest BCUT2D eigenvalue weighted by Crippen LogP contribution is 2.17. The Morgan fingerprint density at radius 2 is 2.25 bits per heavy atom. The Kier molecular flexibility index (Phi) is 4.96. The van der Waals surface area contributed by atoms with Crippen molar-refractivity contribution in [2.45, 2.75) is 32.4 Å². The summed E-state index contributed by atoms with van der Waals surface area (Å²) in [7, 11) is 0. The van der Waals surface area contributed by atoms with E-state index in [-0.39, 0.29) is 11.9 Å². The van der Waals surface area contributed by atoms with Crippen LogP contribution in [-0.2, 0) is 4.79 Å². The van der Waals surface area contributed by atoms with E-state index in [1.54, 1.807) is 0 Å². The van der Waals surface area contributed by atoms with Gasteiger partial charge in [-0.05, 0) is 31.0 Å². The van der Waals surface area contributed by atoms with Gasteiger partial charge in [-0.1, -0.05) is 35.0 Å². The highest BCUT2D eigenvalue weighted by atomic mass is 79.9. The van der Waals surface area contributed by atoms with Crippen LogP contribution in [0.15, 0.2) is 28.7 Å². The summed E-state index contributed by atoms with van der Waals surface area (Å²) in [5.41, 5.74) is 6.71. The molecule has 88 valence electrons. The lowest BCUT2D eigenvalue weighted by molar-refractivity contribution is -0.123. The molecule has 0 heterocycles. The van der Waals surface area contributed by atoms with Crippen LogP contribution < -0.4 is 11.1 Å². The maximum Gasteiger partial charge on any atom is 0.237 e. The molecule has 0 spiro atoms. The Morgan fingerprint density at radius 1 is 1.56 bits per heavy atom. The second-order valence-corrected chi connectivity index (χ2v) is 4.72. The minimum Gasteiger partial charge on any atom is -0.348 e. The van der Waals surface area contributed by atoms with Gasteiger partial charge in [0.2, 0.25) is 5.91 Å². The lowest BCUT2D eigenvalue weighted by atomic mass is 10.1. The number of nitrogens with one attached hydrogen (secondary N) is 1. The zero-order chi connectivity index (χ0) is 12.1. The summed E-state index contributed by atoms with van der Waals surface area (Å²) in [4.78, 5) is 11.6. The fourth-order valence-electron chi connectivity index (χ4n) is 1.37. The third-order valence-corrected chi connectivity index (χ3v) is 2.98. The summed E-state index contributed by atoms with van der Waals surface area (Å²) in [6.07, 6.45) is 0.650. The highest BCUT2D eigenvalue weighted by molar-refractivity contribution is 9.10. The second-order valence-electron chi connectivity index (χ2n) is 3.80. The zero-order valence-corrected chi connectivity index (χ0v) is 11.1. The lowest BCUT2D eigenvalue weighted by Gasteiger charge is -2.17. The number of halogens is 1. The topological polar surface area (TPSA) is 55.1 Å². The molecule has 1 rings (SSSR count). The first-order chi connectivity index (χ1) is 7.54. The van der Waals surface area contributed by atoms with Gasteiger partial charge in [-0.15, -0.1) is 0 Å². The van der Waals surface area contributed by atoms with Gasteiger partial charge < -0.3 is 11.1 Å². The molecule has 16 heavy (non-hydrogen) atoms. The average molecular weight is 285 g/mol. The van der Waals surface area contributed by atoms with Crippen molar-refractivity contribution in [1.29, 1.82) is 0 Å². The normalized spacial score (nSPS) is 14.2. The van der Waals surface area contributed by atoms with E-state index in [1.807, 2.05) is 38.1 Å². The largest absolute Gasteiger partial charge is 0.348 e. The Morgan fingerprint density at radius 3 is 2.81 bits per heavy atom. The fraction of sp³-hybridized carbons (Fsp3) is 0.417. The van der Waals surface area contributed by atoms with Gasteiger partial charge in [0.05, 0.1) is 12.1 Å². The van der Waals surface area contributed by atoms with Crippen molar-refractivity contribution in [2.24, 2.45) is 5.73 Å². The fourth-order valence-corrected chi connectivity index (χ4v) is 1.78. The second kappa shape index (κ2) is 6.01. The van der Waals surface area contributed by atoms with Gasteiger partial charge in [-0.25, -0.2) is 0 Å². The molecule has 0 bridgehead atoms. The van der Waals surface area contributed by atoms with Crippen LogP contribution in [0, 0.1) is 0 Å². The quantitative estimate of drug-likeness (QED) is 0.892. The summed E-state index contributed by atoms with van der Waals surface area (Å²) in [6, 6.07) is 7.42. The number of rotatable bonds is 4. The summed E-state index contributed by atoms with van der Waals surface area (Å²) in [6.45, 7) is 3.84. The van der Waals surface area contributed by atoms with Gasteiger partial charge >= 0.3 is 0 Å². The number of hydrogen-bond donors (Lipinski definition) is 2. The van der Waals surface area contributed by atoms with Crippen molar-refractivity contribution >= 4 is 21.8 Å².